The lowest BCUT2D eigenvalue weighted by atomic mass is 10.2. The molecule has 2 rings (SSSR count). The Morgan fingerprint density at radius 1 is 1.35 bits per heavy atom. The third kappa shape index (κ3) is 4.59. The standard InChI is InChI=1S/C16H23ClN4O2/c1-10-5-6-14(23-10)11(2)18-7-8-19-15(22)9-21-13(4)16(17)12(3)20-21/h5-6,11,18H,7-9H2,1-4H3,(H,19,22)/t11-/m0/s1. The van der Waals surface area contributed by atoms with Crippen molar-refractivity contribution in [3.63, 3.8) is 0 Å². The molecule has 0 fully saturated rings. The fraction of sp³-hybridized carbons (Fsp3) is 0.500. The number of carbonyl (C=O) groups is 1. The maximum absolute atomic E-state index is 11.9. The number of nitrogens with one attached hydrogen (secondary N) is 2. The van der Waals surface area contributed by atoms with Crippen LogP contribution in [0.25, 0.3) is 0 Å². The van der Waals surface area contributed by atoms with Crippen LogP contribution in [0.2, 0.25) is 5.02 Å². The molecule has 2 heterocycles. The molecule has 0 saturated carbocycles. The summed E-state index contributed by atoms with van der Waals surface area (Å²) in [6.45, 7) is 8.99. The van der Waals surface area contributed by atoms with Gasteiger partial charge in [0.2, 0.25) is 5.91 Å². The lowest BCUT2D eigenvalue weighted by molar-refractivity contribution is -0.121. The molecule has 0 aliphatic rings. The highest BCUT2D eigenvalue weighted by Crippen LogP contribution is 2.18. The molecular weight excluding hydrogens is 316 g/mol. The maximum atomic E-state index is 11.9. The molecule has 23 heavy (non-hydrogen) atoms. The second-order valence-electron chi connectivity index (χ2n) is 5.62. The highest BCUT2D eigenvalue weighted by molar-refractivity contribution is 6.31. The van der Waals surface area contributed by atoms with Crippen molar-refractivity contribution in [1.82, 2.24) is 20.4 Å². The second-order valence-corrected chi connectivity index (χ2v) is 5.99. The predicted molar refractivity (Wildman–Crippen MR) is 89.6 cm³/mol. The summed E-state index contributed by atoms with van der Waals surface area (Å²) in [7, 11) is 0. The summed E-state index contributed by atoms with van der Waals surface area (Å²) in [5.74, 6) is 1.70. The Morgan fingerprint density at radius 2 is 2.09 bits per heavy atom. The van der Waals surface area contributed by atoms with E-state index in [0.29, 0.717) is 18.1 Å². The van der Waals surface area contributed by atoms with Gasteiger partial charge in [0.05, 0.1) is 22.5 Å². The predicted octanol–water partition coefficient (Wildman–Crippen LogP) is 2.52. The summed E-state index contributed by atoms with van der Waals surface area (Å²) in [5, 5.41) is 11.0. The number of aryl methyl sites for hydroxylation is 2. The van der Waals surface area contributed by atoms with Gasteiger partial charge < -0.3 is 15.1 Å². The Kier molecular flexibility index (Phi) is 5.85. The third-order valence-corrected chi connectivity index (χ3v) is 4.22. The number of hydrogen-bond acceptors (Lipinski definition) is 4. The van der Waals surface area contributed by atoms with Gasteiger partial charge in [-0.1, -0.05) is 11.6 Å². The first-order valence-corrected chi connectivity index (χ1v) is 8.02. The normalized spacial score (nSPS) is 12.4. The van der Waals surface area contributed by atoms with Crippen molar-refractivity contribution in [2.45, 2.75) is 40.3 Å². The van der Waals surface area contributed by atoms with Crippen LogP contribution in [-0.4, -0.2) is 28.8 Å². The summed E-state index contributed by atoms with van der Waals surface area (Å²) in [4.78, 5) is 11.9. The van der Waals surface area contributed by atoms with Crippen LogP contribution in [-0.2, 0) is 11.3 Å². The van der Waals surface area contributed by atoms with Crippen LogP contribution in [0.4, 0.5) is 0 Å². The minimum atomic E-state index is -0.0874. The smallest absolute Gasteiger partial charge is 0.241 e. The SMILES string of the molecule is Cc1ccc([C@H](C)NCCNC(=O)Cn2nc(C)c(Cl)c2C)o1. The van der Waals surface area contributed by atoms with Crippen molar-refractivity contribution < 1.29 is 9.21 Å². The summed E-state index contributed by atoms with van der Waals surface area (Å²) >= 11 is 6.07. The number of furan rings is 1. The number of halogens is 1. The molecular formula is C16H23ClN4O2. The molecule has 0 saturated heterocycles. The fourth-order valence-corrected chi connectivity index (χ4v) is 2.43. The van der Waals surface area contributed by atoms with Crippen LogP contribution in [0, 0.1) is 20.8 Å². The van der Waals surface area contributed by atoms with E-state index in [-0.39, 0.29) is 18.5 Å². The molecule has 0 spiro atoms. The summed E-state index contributed by atoms with van der Waals surface area (Å²) < 4.78 is 7.17. The first-order valence-electron chi connectivity index (χ1n) is 7.64. The number of hydrogen-bond donors (Lipinski definition) is 2. The van der Waals surface area contributed by atoms with Gasteiger partial charge in [-0.15, -0.1) is 0 Å². The molecule has 7 heteroatoms. The second kappa shape index (κ2) is 7.66. The number of aromatic nitrogens is 2. The van der Waals surface area contributed by atoms with Crippen molar-refractivity contribution in [1.29, 1.82) is 0 Å². The largest absolute Gasteiger partial charge is 0.465 e. The van der Waals surface area contributed by atoms with Crippen molar-refractivity contribution >= 4 is 17.5 Å². The Bertz CT molecular complexity index is 678. The molecule has 0 radical (unpaired) electrons. The molecule has 0 bridgehead atoms. The molecule has 2 N–H and O–H groups in total. The molecule has 1 atom stereocenters. The first-order chi connectivity index (χ1) is 10.9. The van der Waals surface area contributed by atoms with E-state index in [1.54, 1.807) is 4.68 Å². The molecule has 2 aromatic rings. The Labute approximate surface area is 141 Å². The Hall–Kier alpha value is -1.79. The quantitative estimate of drug-likeness (QED) is 0.761. The molecule has 0 aromatic carbocycles. The van der Waals surface area contributed by atoms with Gasteiger partial charge in [0.25, 0.3) is 0 Å². The highest BCUT2D eigenvalue weighted by atomic mass is 35.5. The van der Waals surface area contributed by atoms with Crippen molar-refractivity contribution in [3.8, 4) is 0 Å². The minimum Gasteiger partial charge on any atom is -0.465 e. The van der Waals surface area contributed by atoms with E-state index in [0.717, 1.165) is 22.9 Å². The van der Waals surface area contributed by atoms with Crippen LogP contribution >= 0.6 is 11.6 Å². The zero-order valence-corrected chi connectivity index (χ0v) is 14.7. The molecule has 0 aliphatic carbocycles. The van der Waals surface area contributed by atoms with Gasteiger partial charge in [-0.05, 0) is 39.8 Å². The summed E-state index contributed by atoms with van der Waals surface area (Å²) in [5.41, 5.74) is 1.54. The van der Waals surface area contributed by atoms with Gasteiger partial charge in [-0.3, -0.25) is 9.48 Å². The fourth-order valence-electron chi connectivity index (χ4n) is 2.30. The minimum absolute atomic E-state index is 0.0874. The maximum Gasteiger partial charge on any atom is 0.241 e. The average molecular weight is 339 g/mol. The van der Waals surface area contributed by atoms with E-state index in [4.69, 9.17) is 16.0 Å². The lowest BCUT2D eigenvalue weighted by Crippen LogP contribution is -2.35. The first kappa shape index (κ1) is 17.6. The van der Waals surface area contributed by atoms with E-state index in [1.807, 2.05) is 39.8 Å². The van der Waals surface area contributed by atoms with E-state index < -0.39 is 0 Å². The van der Waals surface area contributed by atoms with E-state index >= 15 is 0 Å². The molecule has 2 aromatic heterocycles. The third-order valence-electron chi connectivity index (χ3n) is 3.67. The molecule has 6 nitrogen and oxygen atoms in total. The monoisotopic (exact) mass is 338 g/mol. The van der Waals surface area contributed by atoms with Crippen LogP contribution < -0.4 is 10.6 Å². The Morgan fingerprint density at radius 3 is 2.65 bits per heavy atom. The van der Waals surface area contributed by atoms with Crippen molar-refractivity contribution in [2.24, 2.45) is 0 Å². The van der Waals surface area contributed by atoms with Gasteiger partial charge in [0.15, 0.2) is 0 Å². The zero-order chi connectivity index (χ0) is 17.0. The van der Waals surface area contributed by atoms with Crippen LogP contribution in [0.15, 0.2) is 16.5 Å². The van der Waals surface area contributed by atoms with E-state index in [2.05, 4.69) is 15.7 Å². The molecule has 126 valence electrons. The van der Waals surface area contributed by atoms with Crippen molar-refractivity contribution in [3.05, 3.63) is 40.1 Å². The van der Waals surface area contributed by atoms with Gasteiger partial charge in [-0.2, -0.15) is 5.10 Å². The van der Waals surface area contributed by atoms with Gasteiger partial charge >= 0.3 is 0 Å². The molecule has 0 unspecified atom stereocenters. The number of nitrogens with zero attached hydrogens (tertiary/aromatic N) is 2. The van der Waals surface area contributed by atoms with E-state index in [9.17, 15) is 4.79 Å². The van der Waals surface area contributed by atoms with Gasteiger partial charge in [0, 0.05) is 13.1 Å². The van der Waals surface area contributed by atoms with Gasteiger partial charge in [-0.25, -0.2) is 0 Å². The molecule has 1 amide bonds. The van der Waals surface area contributed by atoms with Gasteiger partial charge in [0.1, 0.15) is 18.1 Å². The van der Waals surface area contributed by atoms with Crippen LogP contribution in [0.5, 0.6) is 0 Å². The van der Waals surface area contributed by atoms with E-state index in [1.165, 1.54) is 0 Å². The van der Waals surface area contributed by atoms with Crippen LogP contribution in [0.1, 0.15) is 35.9 Å². The van der Waals surface area contributed by atoms with Crippen molar-refractivity contribution in [2.75, 3.05) is 13.1 Å². The Balaban J connectivity index is 1.71. The number of rotatable bonds is 7. The lowest BCUT2D eigenvalue weighted by Gasteiger charge is -2.12. The number of carbonyl (C=O) groups excluding carboxylic acids is 1. The topological polar surface area (TPSA) is 72.1 Å². The summed E-state index contributed by atoms with van der Waals surface area (Å²) in [6.07, 6.45) is 0. The number of amides is 1. The molecule has 0 aliphatic heterocycles. The highest BCUT2D eigenvalue weighted by Gasteiger charge is 2.12. The van der Waals surface area contributed by atoms with Crippen LogP contribution in [0.3, 0.4) is 0 Å². The zero-order valence-electron chi connectivity index (χ0n) is 13.9. The summed E-state index contributed by atoms with van der Waals surface area (Å²) in [6, 6.07) is 4.00. The average Bonchev–Trinajstić information content (AvgIpc) is 3.04.